The number of hydrogen-bond donors (Lipinski definition) is 2. The standard InChI is InChI=1S/C21H18N2O3/c24-19-11-6-10-17(13-19)21(25)23-22-14-18-9-4-5-12-20(18)26-15-16-7-2-1-3-8-16/h1-14,24H,15H2,(H,23,25)/b22-14+. The van der Waals surface area contributed by atoms with E-state index < -0.39 is 5.91 Å². The van der Waals surface area contributed by atoms with Gasteiger partial charge >= 0.3 is 0 Å². The molecule has 0 unspecified atom stereocenters. The molecule has 3 rings (SSSR count). The van der Waals surface area contributed by atoms with E-state index in [-0.39, 0.29) is 5.75 Å². The first-order chi connectivity index (χ1) is 12.7. The molecule has 3 aromatic carbocycles. The number of hydrazone groups is 1. The van der Waals surface area contributed by atoms with Crippen molar-refractivity contribution in [1.82, 2.24) is 5.43 Å². The number of rotatable bonds is 6. The Morgan fingerprint density at radius 2 is 1.77 bits per heavy atom. The smallest absolute Gasteiger partial charge is 0.271 e. The van der Waals surface area contributed by atoms with Crippen LogP contribution in [0.3, 0.4) is 0 Å². The Labute approximate surface area is 151 Å². The number of ether oxygens (including phenoxy) is 1. The van der Waals surface area contributed by atoms with Crippen LogP contribution in [0.1, 0.15) is 21.5 Å². The largest absolute Gasteiger partial charge is 0.508 e. The predicted molar refractivity (Wildman–Crippen MR) is 100 cm³/mol. The van der Waals surface area contributed by atoms with Gasteiger partial charge in [0, 0.05) is 11.1 Å². The molecule has 2 N–H and O–H groups in total. The molecule has 0 saturated heterocycles. The highest BCUT2D eigenvalue weighted by Crippen LogP contribution is 2.17. The minimum Gasteiger partial charge on any atom is -0.508 e. The molecule has 130 valence electrons. The summed E-state index contributed by atoms with van der Waals surface area (Å²) in [7, 11) is 0. The number of phenols is 1. The summed E-state index contributed by atoms with van der Waals surface area (Å²) >= 11 is 0. The van der Waals surface area contributed by atoms with Gasteiger partial charge in [0.05, 0.1) is 6.21 Å². The molecule has 0 atom stereocenters. The van der Waals surface area contributed by atoms with Gasteiger partial charge in [-0.05, 0) is 35.9 Å². The number of carbonyl (C=O) groups excluding carboxylic acids is 1. The second-order valence-electron chi connectivity index (χ2n) is 5.56. The van der Waals surface area contributed by atoms with Gasteiger partial charge in [-0.15, -0.1) is 0 Å². The normalized spacial score (nSPS) is 10.6. The monoisotopic (exact) mass is 346 g/mol. The highest BCUT2D eigenvalue weighted by molar-refractivity contribution is 5.95. The van der Waals surface area contributed by atoms with Crippen molar-refractivity contribution in [2.45, 2.75) is 6.61 Å². The lowest BCUT2D eigenvalue weighted by atomic mass is 10.2. The molecule has 5 heteroatoms. The number of para-hydroxylation sites is 1. The van der Waals surface area contributed by atoms with E-state index in [1.165, 1.54) is 18.3 Å². The van der Waals surface area contributed by atoms with Crippen molar-refractivity contribution in [3.63, 3.8) is 0 Å². The lowest BCUT2D eigenvalue weighted by Crippen LogP contribution is -2.17. The van der Waals surface area contributed by atoms with Gasteiger partial charge in [0.25, 0.3) is 5.91 Å². The van der Waals surface area contributed by atoms with Gasteiger partial charge in [-0.2, -0.15) is 5.10 Å². The average molecular weight is 346 g/mol. The molecular weight excluding hydrogens is 328 g/mol. The maximum atomic E-state index is 12.0. The third kappa shape index (κ3) is 4.70. The molecule has 0 aliphatic rings. The molecule has 0 aliphatic heterocycles. The number of benzene rings is 3. The van der Waals surface area contributed by atoms with Crippen LogP contribution < -0.4 is 10.2 Å². The van der Waals surface area contributed by atoms with Crippen molar-refractivity contribution in [1.29, 1.82) is 0 Å². The maximum Gasteiger partial charge on any atom is 0.271 e. The topological polar surface area (TPSA) is 70.9 Å². The summed E-state index contributed by atoms with van der Waals surface area (Å²) in [5.74, 6) is 0.299. The van der Waals surface area contributed by atoms with E-state index in [0.717, 1.165) is 11.1 Å². The molecule has 0 fully saturated rings. The van der Waals surface area contributed by atoms with Crippen molar-refractivity contribution in [2.24, 2.45) is 5.10 Å². The van der Waals surface area contributed by atoms with Crippen LogP contribution in [0, 0.1) is 0 Å². The van der Waals surface area contributed by atoms with Gasteiger partial charge < -0.3 is 9.84 Å². The summed E-state index contributed by atoms with van der Waals surface area (Å²) < 4.78 is 5.84. The van der Waals surface area contributed by atoms with Crippen LogP contribution in [0.15, 0.2) is 84.0 Å². The molecule has 0 aromatic heterocycles. The molecule has 0 saturated carbocycles. The SMILES string of the molecule is O=C(N/N=C/c1ccccc1OCc1ccccc1)c1cccc(O)c1. The molecular formula is C21H18N2O3. The third-order valence-corrected chi connectivity index (χ3v) is 3.63. The Bertz CT molecular complexity index is 908. The first-order valence-corrected chi connectivity index (χ1v) is 8.10. The van der Waals surface area contributed by atoms with Crippen molar-refractivity contribution in [3.05, 3.63) is 95.6 Å². The fourth-order valence-corrected chi connectivity index (χ4v) is 2.33. The Kier molecular flexibility index (Phi) is 5.62. The molecule has 26 heavy (non-hydrogen) atoms. The first kappa shape index (κ1) is 17.2. The fourth-order valence-electron chi connectivity index (χ4n) is 2.33. The summed E-state index contributed by atoms with van der Waals surface area (Å²) in [5, 5.41) is 13.4. The predicted octanol–water partition coefficient (Wildman–Crippen LogP) is 3.74. The van der Waals surface area contributed by atoms with Crippen LogP contribution in [-0.4, -0.2) is 17.2 Å². The zero-order chi connectivity index (χ0) is 18.2. The summed E-state index contributed by atoms with van der Waals surface area (Å²) in [5.41, 5.74) is 4.58. The summed E-state index contributed by atoms with van der Waals surface area (Å²) in [4.78, 5) is 12.0. The van der Waals surface area contributed by atoms with Crippen molar-refractivity contribution >= 4 is 12.1 Å². The number of phenolic OH excluding ortho intramolecular Hbond substituents is 1. The number of amides is 1. The molecule has 0 heterocycles. The molecule has 5 nitrogen and oxygen atoms in total. The molecule has 0 bridgehead atoms. The van der Waals surface area contributed by atoms with Gasteiger partial charge in [-0.1, -0.05) is 48.5 Å². The first-order valence-electron chi connectivity index (χ1n) is 8.10. The summed E-state index contributed by atoms with van der Waals surface area (Å²) in [6.45, 7) is 0.446. The summed E-state index contributed by atoms with van der Waals surface area (Å²) in [6.07, 6.45) is 1.53. The third-order valence-electron chi connectivity index (χ3n) is 3.63. The molecule has 1 amide bonds. The minimum absolute atomic E-state index is 0.0290. The van der Waals surface area contributed by atoms with E-state index in [1.807, 2.05) is 54.6 Å². The quantitative estimate of drug-likeness (QED) is 0.528. The van der Waals surface area contributed by atoms with Gasteiger partial charge in [0.1, 0.15) is 18.1 Å². The molecule has 0 radical (unpaired) electrons. The van der Waals surface area contributed by atoms with E-state index in [2.05, 4.69) is 10.5 Å². The van der Waals surface area contributed by atoms with Crippen LogP contribution in [0.5, 0.6) is 11.5 Å². The minimum atomic E-state index is -0.403. The van der Waals surface area contributed by atoms with E-state index >= 15 is 0 Å². The van der Waals surface area contributed by atoms with E-state index in [0.29, 0.717) is 17.9 Å². The van der Waals surface area contributed by atoms with Crippen LogP contribution in [-0.2, 0) is 6.61 Å². The number of nitrogens with zero attached hydrogens (tertiary/aromatic N) is 1. The second kappa shape index (κ2) is 8.48. The molecule has 0 aliphatic carbocycles. The van der Waals surface area contributed by atoms with Gasteiger partial charge in [-0.3, -0.25) is 4.79 Å². The molecule has 0 spiro atoms. The number of nitrogens with one attached hydrogen (secondary N) is 1. The lowest BCUT2D eigenvalue weighted by Gasteiger charge is -2.09. The van der Waals surface area contributed by atoms with Crippen LogP contribution in [0.2, 0.25) is 0 Å². The zero-order valence-corrected chi connectivity index (χ0v) is 14.0. The Balaban J connectivity index is 1.64. The van der Waals surface area contributed by atoms with Crippen LogP contribution in [0.25, 0.3) is 0 Å². The van der Waals surface area contributed by atoms with Gasteiger partial charge in [0.2, 0.25) is 0 Å². The van der Waals surface area contributed by atoms with Crippen LogP contribution in [0.4, 0.5) is 0 Å². The highest BCUT2D eigenvalue weighted by atomic mass is 16.5. The average Bonchev–Trinajstić information content (AvgIpc) is 2.68. The van der Waals surface area contributed by atoms with Gasteiger partial charge in [0.15, 0.2) is 0 Å². The summed E-state index contributed by atoms with van der Waals surface area (Å²) in [6, 6.07) is 23.4. The number of carbonyl (C=O) groups is 1. The zero-order valence-electron chi connectivity index (χ0n) is 14.0. The number of hydrogen-bond acceptors (Lipinski definition) is 4. The van der Waals surface area contributed by atoms with Crippen molar-refractivity contribution < 1.29 is 14.6 Å². The Morgan fingerprint density at radius 3 is 2.58 bits per heavy atom. The maximum absolute atomic E-state index is 12.0. The van der Waals surface area contributed by atoms with Crippen molar-refractivity contribution in [2.75, 3.05) is 0 Å². The van der Waals surface area contributed by atoms with E-state index in [9.17, 15) is 9.90 Å². The lowest BCUT2D eigenvalue weighted by molar-refractivity contribution is 0.0954. The Morgan fingerprint density at radius 1 is 1.00 bits per heavy atom. The Hall–Kier alpha value is -3.60. The molecule has 3 aromatic rings. The highest BCUT2D eigenvalue weighted by Gasteiger charge is 2.05. The van der Waals surface area contributed by atoms with Crippen molar-refractivity contribution in [3.8, 4) is 11.5 Å². The van der Waals surface area contributed by atoms with Gasteiger partial charge in [-0.25, -0.2) is 5.43 Å². The number of aromatic hydroxyl groups is 1. The van der Waals surface area contributed by atoms with E-state index in [1.54, 1.807) is 12.1 Å². The van der Waals surface area contributed by atoms with Crippen LogP contribution >= 0.6 is 0 Å². The second-order valence-corrected chi connectivity index (χ2v) is 5.56. The van der Waals surface area contributed by atoms with E-state index in [4.69, 9.17) is 4.74 Å². The fraction of sp³-hybridized carbons (Fsp3) is 0.0476.